The molecule has 2 aromatic carbocycles. The zero-order valence-electron chi connectivity index (χ0n) is 61.7. The smallest absolute Gasteiger partial charge is 0.339 e. The van der Waals surface area contributed by atoms with Gasteiger partial charge in [0, 0.05) is 78.8 Å². The van der Waals surface area contributed by atoms with Gasteiger partial charge in [-0.3, -0.25) is 19.2 Å². The van der Waals surface area contributed by atoms with Gasteiger partial charge in [0.15, 0.2) is 11.2 Å². The number of amides is 2. The molecule has 2 aromatic rings. The number of hydrogen-bond donors (Lipinski definition) is 5. The van der Waals surface area contributed by atoms with Crippen molar-refractivity contribution in [3.8, 4) is 11.5 Å². The van der Waals surface area contributed by atoms with Crippen LogP contribution in [0, 0.1) is 11.8 Å². The van der Waals surface area contributed by atoms with Crippen molar-refractivity contribution in [1.29, 1.82) is 0 Å². The molecule has 20 nitrogen and oxygen atoms in total. The van der Waals surface area contributed by atoms with E-state index in [1.807, 2.05) is 24.3 Å². The fourth-order valence-corrected chi connectivity index (χ4v) is 10.8. The maximum Gasteiger partial charge on any atom is 0.339 e. The monoisotopic (exact) mass is 1380 g/mol. The number of hydrogen-bond acceptors (Lipinski definition) is 17. The van der Waals surface area contributed by atoms with Gasteiger partial charge in [-0.2, -0.15) is 0 Å². The third-order valence-electron chi connectivity index (χ3n) is 16.9. The molecule has 0 saturated heterocycles. The molecule has 0 saturated carbocycles. The number of ketones is 2. The number of nitrogens with one attached hydrogen (secondary N) is 2. The third kappa shape index (κ3) is 38.8. The number of carbonyl (C=O) groups excluding carboxylic acids is 7. The van der Waals surface area contributed by atoms with Crippen molar-refractivity contribution in [2.45, 2.75) is 283 Å². The summed E-state index contributed by atoms with van der Waals surface area (Å²) in [5.74, 6) is -6.26. The van der Waals surface area contributed by atoms with Crippen LogP contribution in [0.2, 0.25) is 0 Å². The van der Waals surface area contributed by atoms with Crippen molar-refractivity contribution < 1.29 is 86.8 Å². The summed E-state index contributed by atoms with van der Waals surface area (Å²) in [7, 11) is 5.26. The SMILES string of the molecule is CCCCCCCC(=O)CCCCCC/C=C/[C@H](C(=O)N[C@@H](Cc1ccc(OCCCC)cc1)C(=O)OC)[C@@](O)(CCOC)C(=O)O.CCCCCCCC(=O)CCCCCC/C=C/[C@H](C(=O)N[C@@H](Cc1ccc(OCCCC)cc1)C(=O)OC)[C@@](O)(CCOC)C(=O)OC(C)(C)C. The highest BCUT2D eigenvalue weighted by atomic mass is 16.6. The summed E-state index contributed by atoms with van der Waals surface area (Å²) in [5, 5.41) is 38.5. The number of benzene rings is 2. The zero-order valence-corrected chi connectivity index (χ0v) is 61.7. The second kappa shape index (κ2) is 53.4. The molecule has 0 heterocycles. The number of ether oxygens (including phenoxy) is 7. The molecule has 0 fully saturated rings. The Bertz CT molecular complexity index is 2600. The first-order valence-electron chi connectivity index (χ1n) is 36.4. The minimum atomic E-state index is -2.47. The van der Waals surface area contributed by atoms with Crippen LogP contribution in [0.15, 0.2) is 72.8 Å². The summed E-state index contributed by atoms with van der Waals surface area (Å²) in [4.78, 5) is 103. The van der Waals surface area contributed by atoms with E-state index in [9.17, 15) is 53.7 Å². The number of carbonyl (C=O) groups is 8. The van der Waals surface area contributed by atoms with Crippen LogP contribution >= 0.6 is 0 Å². The van der Waals surface area contributed by atoms with Gasteiger partial charge in [-0.15, -0.1) is 0 Å². The highest BCUT2D eigenvalue weighted by molar-refractivity contribution is 5.94. The van der Waals surface area contributed by atoms with Gasteiger partial charge in [0.1, 0.15) is 40.8 Å². The van der Waals surface area contributed by atoms with E-state index >= 15 is 0 Å². The lowest BCUT2D eigenvalue weighted by Crippen LogP contribution is -2.56. The van der Waals surface area contributed by atoms with E-state index in [1.165, 1.54) is 79.1 Å². The normalized spacial score (nSPS) is 14.0. The Morgan fingerprint density at radius 3 is 1.11 bits per heavy atom. The number of carboxylic acid groups (broad SMARTS) is 1. The van der Waals surface area contributed by atoms with Crippen LogP contribution in [0.3, 0.4) is 0 Å². The summed E-state index contributed by atoms with van der Waals surface area (Å²) in [5.41, 5.74) is -4.18. The molecule has 0 spiro atoms. The maximum atomic E-state index is 14.0. The molecule has 0 aromatic heterocycles. The van der Waals surface area contributed by atoms with E-state index in [1.54, 1.807) is 57.2 Å². The molecule has 0 unspecified atom stereocenters. The molecule has 98 heavy (non-hydrogen) atoms. The van der Waals surface area contributed by atoms with Gasteiger partial charge in [0.05, 0.1) is 39.3 Å². The lowest BCUT2D eigenvalue weighted by molar-refractivity contribution is -0.185. The molecule has 20 heteroatoms. The number of rotatable bonds is 56. The standard InChI is InChI=1S/C41H67NO9.C37H59NO9/c1-8-10-12-15-18-21-33(43)22-19-16-13-14-17-20-23-35(41(47,28-30-48-6)39(46)51-40(3,4)5)37(44)42-36(38(45)49-7)31-32-24-26-34(27-25-32)50-29-11-9-2;1-5-7-9-12-15-18-30(39)19-16-13-10-11-14-17-20-32(37(44,36(42)43)25-27-45-3)34(40)38-33(35(41)46-4)28-29-21-23-31(24-22-29)47-26-8-6-2/h20,23-27,35-36,47H,8-19,21-22,28-31H2,1-7H3,(H,42,44);17,20-24,32-33,44H,5-16,18-19,25-28H2,1-4H3,(H,38,40)(H,42,43)/b23-20+;20-17+/t35-,36+,41+;32-,33+,37+/m11/s1. The Labute approximate surface area is 587 Å². The molecule has 0 radical (unpaired) electrons. The van der Waals surface area contributed by atoms with Gasteiger partial charge < -0.3 is 59.1 Å². The van der Waals surface area contributed by atoms with Crippen LogP contribution in [-0.2, 0) is 74.9 Å². The van der Waals surface area contributed by atoms with Gasteiger partial charge in [-0.25, -0.2) is 19.2 Å². The van der Waals surface area contributed by atoms with E-state index < -0.39 is 76.4 Å². The highest BCUT2D eigenvalue weighted by Crippen LogP contribution is 2.30. The van der Waals surface area contributed by atoms with E-state index in [4.69, 9.17) is 33.2 Å². The number of esters is 3. The summed E-state index contributed by atoms with van der Waals surface area (Å²) >= 11 is 0. The first-order chi connectivity index (χ1) is 46.9. The summed E-state index contributed by atoms with van der Waals surface area (Å²) in [6.45, 7) is 14.7. The number of unbranched alkanes of at least 4 members (excludes halogenated alkanes) is 18. The summed E-state index contributed by atoms with van der Waals surface area (Å²) in [6.07, 6.45) is 31.9. The second-order valence-corrected chi connectivity index (χ2v) is 26.5. The van der Waals surface area contributed by atoms with Crippen molar-refractivity contribution in [2.24, 2.45) is 11.8 Å². The summed E-state index contributed by atoms with van der Waals surface area (Å²) in [6, 6.07) is 12.2. The summed E-state index contributed by atoms with van der Waals surface area (Å²) < 4.78 is 37.2. The fraction of sp³-hybridized carbons (Fsp3) is 0.692. The van der Waals surface area contributed by atoms with Crippen LogP contribution in [0.4, 0.5) is 0 Å². The van der Waals surface area contributed by atoms with Crippen LogP contribution in [-0.4, -0.2) is 146 Å². The van der Waals surface area contributed by atoms with Crippen LogP contribution in [0.25, 0.3) is 0 Å². The average molecular weight is 1380 g/mol. The topological polar surface area (TPSA) is 286 Å². The number of aliphatic carboxylic acids is 1. The first kappa shape index (κ1) is 89.5. The number of carboxylic acids is 1. The Balaban J connectivity index is 0.000000983. The molecule has 6 atom stereocenters. The predicted octanol–water partition coefficient (Wildman–Crippen LogP) is 14.0. The first-order valence-corrected chi connectivity index (χ1v) is 36.4. The molecule has 556 valence electrons. The second-order valence-electron chi connectivity index (χ2n) is 26.5. The van der Waals surface area contributed by atoms with Gasteiger partial charge in [-0.1, -0.05) is 166 Å². The Hall–Kier alpha value is -6.48. The van der Waals surface area contributed by atoms with Crippen molar-refractivity contribution in [1.82, 2.24) is 10.6 Å². The van der Waals surface area contributed by atoms with Gasteiger partial charge in [-0.05, 0) is 120 Å². The average Bonchev–Trinajstić information content (AvgIpc) is 0.804. The molecular weight excluding hydrogens is 1250 g/mol. The van der Waals surface area contributed by atoms with Crippen LogP contribution in [0.5, 0.6) is 11.5 Å². The molecule has 0 bridgehead atoms. The molecule has 5 N–H and O–H groups in total. The largest absolute Gasteiger partial charge is 0.494 e. The Morgan fingerprint density at radius 2 is 0.786 bits per heavy atom. The van der Waals surface area contributed by atoms with Gasteiger partial charge in [0.25, 0.3) is 0 Å². The fourth-order valence-electron chi connectivity index (χ4n) is 10.8. The van der Waals surface area contributed by atoms with Crippen molar-refractivity contribution in [2.75, 3.05) is 54.9 Å². The molecule has 0 aliphatic carbocycles. The highest BCUT2D eigenvalue weighted by Gasteiger charge is 2.50. The maximum absolute atomic E-state index is 14.0. The van der Waals surface area contributed by atoms with Crippen molar-refractivity contribution in [3.63, 3.8) is 0 Å². The van der Waals surface area contributed by atoms with E-state index in [-0.39, 0.29) is 38.9 Å². The lowest BCUT2D eigenvalue weighted by Gasteiger charge is -2.35. The molecule has 2 amide bonds. The van der Waals surface area contributed by atoms with Gasteiger partial charge >= 0.3 is 23.9 Å². The minimum absolute atomic E-state index is 0.0159. The van der Waals surface area contributed by atoms with Crippen molar-refractivity contribution in [3.05, 3.63) is 84.0 Å². The van der Waals surface area contributed by atoms with Gasteiger partial charge in [0.2, 0.25) is 11.8 Å². The van der Waals surface area contributed by atoms with E-state index in [0.717, 1.165) is 114 Å². The number of allylic oxidation sites excluding steroid dienone is 2. The van der Waals surface area contributed by atoms with Crippen LogP contribution in [0.1, 0.15) is 252 Å². The molecule has 0 aliphatic rings. The number of Topliss-reactive ketones (excluding diaryl/α,β-unsaturated/α-hetero) is 2. The number of methoxy groups -OCH3 is 4. The van der Waals surface area contributed by atoms with E-state index in [2.05, 4.69) is 38.3 Å². The minimum Gasteiger partial charge on any atom is -0.494 e. The van der Waals surface area contributed by atoms with E-state index in [0.29, 0.717) is 74.8 Å². The van der Waals surface area contributed by atoms with Crippen molar-refractivity contribution >= 4 is 47.3 Å². The quantitative estimate of drug-likeness (QED) is 0.0178. The van der Waals surface area contributed by atoms with Crippen LogP contribution < -0.4 is 20.1 Å². The predicted molar refractivity (Wildman–Crippen MR) is 383 cm³/mol. The Kier molecular flexibility index (Phi) is 48.8. The molecular formula is C78H126N2O18. The number of aliphatic hydroxyl groups is 2. The Morgan fingerprint density at radius 1 is 0.449 bits per heavy atom. The third-order valence-corrected chi connectivity index (χ3v) is 16.9. The molecule has 2 rings (SSSR count). The zero-order chi connectivity index (χ0) is 73.0. The molecule has 0 aliphatic heterocycles. The lowest BCUT2D eigenvalue weighted by atomic mass is 9.82.